The maximum Gasteiger partial charge on any atom is 0.286 e. The van der Waals surface area contributed by atoms with E-state index in [-0.39, 0.29) is 24.1 Å². The lowest BCUT2D eigenvalue weighted by molar-refractivity contribution is -0.123. The molecule has 2 N–H and O–H groups in total. The molecule has 0 aliphatic carbocycles. The minimum absolute atomic E-state index is 0.146. The van der Waals surface area contributed by atoms with E-state index in [0.29, 0.717) is 27.2 Å². The van der Waals surface area contributed by atoms with Crippen molar-refractivity contribution >= 4 is 40.4 Å². The van der Waals surface area contributed by atoms with Crippen molar-refractivity contribution in [1.82, 2.24) is 15.5 Å². The molecule has 0 unspecified atom stereocenters. The fourth-order valence-corrected chi connectivity index (χ4v) is 3.08. The van der Waals surface area contributed by atoms with Gasteiger partial charge in [-0.25, -0.2) is 0 Å². The minimum atomic E-state index is -0.398. The highest BCUT2D eigenvalue weighted by Crippen LogP contribution is 2.18. The Labute approximate surface area is 175 Å². The van der Waals surface area contributed by atoms with E-state index in [9.17, 15) is 9.59 Å². The third kappa shape index (κ3) is 6.16. The van der Waals surface area contributed by atoms with Gasteiger partial charge in [-0.3, -0.25) is 9.59 Å². The number of hydrogen-bond donors (Lipinski definition) is 2. The minimum Gasteiger partial charge on any atom is -0.497 e. The number of ether oxygens (including phenoxy) is 2. The molecule has 29 heavy (non-hydrogen) atoms. The molecule has 0 radical (unpaired) electrons. The molecule has 0 saturated carbocycles. The molecular formula is C19H17ClN4O4S. The van der Waals surface area contributed by atoms with Crippen LogP contribution >= 0.6 is 22.9 Å². The van der Waals surface area contributed by atoms with E-state index in [1.165, 1.54) is 0 Å². The van der Waals surface area contributed by atoms with Crippen molar-refractivity contribution < 1.29 is 19.1 Å². The zero-order valence-electron chi connectivity index (χ0n) is 15.3. The molecule has 1 aromatic heterocycles. The summed E-state index contributed by atoms with van der Waals surface area (Å²) >= 11 is 6.98. The number of halogens is 1. The van der Waals surface area contributed by atoms with Gasteiger partial charge in [0.15, 0.2) is 6.61 Å². The van der Waals surface area contributed by atoms with Crippen molar-refractivity contribution in [3.8, 4) is 11.5 Å². The molecule has 3 rings (SSSR count). The van der Waals surface area contributed by atoms with Crippen LogP contribution in [0.3, 0.4) is 0 Å². The van der Waals surface area contributed by atoms with E-state index < -0.39 is 5.91 Å². The molecular weight excluding hydrogens is 416 g/mol. The van der Waals surface area contributed by atoms with Crippen LogP contribution in [0.15, 0.2) is 48.5 Å². The van der Waals surface area contributed by atoms with Gasteiger partial charge in [0.2, 0.25) is 5.01 Å². The van der Waals surface area contributed by atoms with Gasteiger partial charge in [0, 0.05) is 10.7 Å². The van der Waals surface area contributed by atoms with Crippen LogP contribution in [-0.4, -0.2) is 35.7 Å². The highest BCUT2D eigenvalue weighted by atomic mass is 35.5. The number of aromatic nitrogens is 2. The van der Waals surface area contributed by atoms with Gasteiger partial charge in [0.1, 0.15) is 16.5 Å². The number of carbonyl (C=O) groups is 2. The lowest BCUT2D eigenvalue weighted by atomic mass is 10.3. The third-order valence-electron chi connectivity index (χ3n) is 3.61. The number of amides is 2. The average molecular weight is 433 g/mol. The first-order chi connectivity index (χ1) is 14.0. The molecule has 0 spiro atoms. The van der Waals surface area contributed by atoms with Crippen LogP contribution in [0.1, 0.15) is 14.8 Å². The maximum absolute atomic E-state index is 12.2. The maximum atomic E-state index is 12.2. The van der Waals surface area contributed by atoms with Crippen LogP contribution < -0.4 is 20.1 Å². The summed E-state index contributed by atoms with van der Waals surface area (Å²) in [5, 5.41) is 14.3. The number of hydrogen-bond acceptors (Lipinski definition) is 7. The Bertz CT molecular complexity index is 994. The lowest BCUT2D eigenvalue weighted by Crippen LogP contribution is -2.28. The number of nitrogens with zero attached hydrogens (tertiary/aromatic N) is 2. The van der Waals surface area contributed by atoms with Crippen molar-refractivity contribution in [3.63, 3.8) is 0 Å². The van der Waals surface area contributed by atoms with Gasteiger partial charge in [0.25, 0.3) is 11.8 Å². The second-order valence-electron chi connectivity index (χ2n) is 5.71. The van der Waals surface area contributed by atoms with E-state index >= 15 is 0 Å². The van der Waals surface area contributed by atoms with Crippen LogP contribution in [0.5, 0.6) is 11.5 Å². The van der Waals surface area contributed by atoms with Gasteiger partial charge < -0.3 is 20.1 Å². The van der Waals surface area contributed by atoms with Gasteiger partial charge in [-0.15, -0.1) is 10.2 Å². The molecule has 0 saturated heterocycles. The molecule has 2 aromatic carbocycles. The number of nitrogens with one attached hydrogen (secondary N) is 2. The van der Waals surface area contributed by atoms with Crippen LogP contribution in [0, 0.1) is 0 Å². The molecule has 8 nitrogen and oxygen atoms in total. The molecule has 3 aromatic rings. The Balaban J connectivity index is 1.45. The number of methoxy groups -OCH3 is 1. The Morgan fingerprint density at radius 2 is 1.86 bits per heavy atom. The molecule has 10 heteroatoms. The van der Waals surface area contributed by atoms with Gasteiger partial charge >= 0.3 is 0 Å². The lowest BCUT2D eigenvalue weighted by Gasteiger charge is -2.07. The monoisotopic (exact) mass is 432 g/mol. The van der Waals surface area contributed by atoms with Gasteiger partial charge in [-0.05, 0) is 42.5 Å². The smallest absolute Gasteiger partial charge is 0.286 e. The first kappa shape index (κ1) is 20.6. The molecule has 0 fully saturated rings. The average Bonchev–Trinajstić information content (AvgIpc) is 3.20. The van der Waals surface area contributed by atoms with E-state index in [1.807, 2.05) is 0 Å². The second kappa shape index (κ2) is 9.85. The fourth-order valence-electron chi connectivity index (χ4n) is 2.21. The summed E-state index contributed by atoms with van der Waals surface area (Å²) in [5.41, 5.74) is 0.559. The zero-order valence-corrected chi connectivity index (χ0v) is 16.9. The van der Waals surface area contributed by atoms with E-state index in [2.05, 4.69) is 20.8 Å². The standard InChI is InChI=1S/C19H17ClN4O4S/c1-27-14-5-7-15(8-6-14)28-11-16(25)21-10-17-23-24-19(29-17)18(26)22-13-4-2-3-12(20)9-13/h2-9H,10-11H2,1H3,(H,21,25)(H,22,26). The Kier molecular flexibility index (Phi) is 6.99. The summed E-state index contributed by atoms with van der Waals surface area (Å²) in [5.74, 6) is 0.538. The van der Waals surface area contributed by atoms with E-state index in [0.717, 1.165) is 11.3 Å². The third-order valence-corrected chi connectivity index (χ3v) is 4.77. The molecule has 0 aliphatic rings. The Hall–Kier alpha value is -3.17. The van der Waals surface area contributed by atoms with Crippen molar-refractivity contribution in [2.24, 2.45) is 0 Å². The zero-order chi connectivity index (χ0) is 20.6. The van der Waals surface area contributed by atoms with Crippen LogP contribution in [0.4, 0.5) is 5.69 Å². The van der Waals surface area contributed by atoms with Crippen LogP contribution in [-0.2, 0) is 11.3 Å². The summed E-state index contributed by atoms with van der Waals surface area (Å²) in [6, 6.07) is 13.7. The van der Waals surface area contributed by atoms with Crippen molar-refractivity contribution in [3.05, 3.63) is 63.6 Å². The van der Waals surface area contributed by atoms with Crippen molar-refractivity contribution in [2.75, 3.05) is 19.0 Å². The van der Waals surface area contributed by atoms with Crippen LogP contribution in [0.2, 0.25) is 5.02 Å². The van der Waals surface area contributed by atoms with Crippen molar-refractivity contribution in [2.45, 2.75) is 6.54 Å². The Morgan fingerprint density at radius 1 is 1.10 bits per heavy atom. The number of carbonyl (C=O) groups excluding carboxylic acids is 2. The summed E-state index contributed by atoms with van der Waals surface area (Å²) in [6.07, 6.45) is 0. The summed E-state index contributed by atoms with van der Waals surface area (Å²) in [7, 11) is 1.57. The first-order valence-corrected chi connectivity index (χ1v) is 9.66. The molecule has 150 valence electrons. The van der Waals surface area contributed by atoms with E-state index in [4.69, 9.17) is 21.1 Å². The molecule has 0 atom stereocenters. The molecule has 0 bridgehead atoms. The van der Waals surface area contributed by atoms with Gasteiger partial charge in [0.05, 0.1) is 13.7 Å². The predicted molar refractivity (Wildman–Crippen MR) is 110 cm³/mol. The summed E-state index contributed by atoms with van der Waals surface area (Å²) < 4.78 is 10.5. The molecule has 2 amide bonds. The van der Waals surface area contributed by atoms with Crippen LogP contribution in [0.25, 0.3) is 0 Å². The van der Waals surface area contributed by atoms with Gasteiger partial charge in [-0.2, -0.15) is 0 Å². The summed E-state index contributed by atoms with van der Waals surface area (Å²) in [6.45, 7) is 0.000159. The number of benzene rings is 2. The highest BCUT2D eigenvalue weighted by molar-refractivity contribution is 7.13. The predicted octanol–water partition coefficient (Wildman–Crippen LogP) is 3.15. The first-order valence-electron chi connectivity index (χ1n) is 8.46. The van der Waals surface area contributed by atoms with Gasteiger partial charge in [-0.1, -0.05) is 29.0 Å². The Morgan fingerprint density at radius 3 is 2.59 bits per heavy atom. The molecule has 1 heterocycles. The normalized spacial score (nSPS) is 10.3. The quantitative estimate of drug-likeness (QED) is 0.567. The molecule has 0 aliphatic heterocycles. The largest absolute Gasteiger partial charge is 0.497 e. The topological polar surface area (TPSA) is 102 Å². The number of anilines is 1. The van der Waals surface area contributed by atoms with Crippen molar-refractivity contribution in [1.29, 1.82) is 0 Å². The van der Waals surface area contributed by atoms with E-state index in [1.54, 1.807) is 55.6 Å². The summed E-state index contributed by atoms with van der Waals surface area (Å²) in [4.78, 5) is 24.1. The second-order valence-corrected chi connectivity index (χ2v) is 7.20. The highest BCUT2D eigenvalue weighted by Gasteiger charge is 2.14. The number of rotatable bonds is 8. The SMILES string of the molecule is COc1ccc(OCC(=O)NCc2nnc(C(=O)Nc3cccc(Cl)c3)s2)cc1. The fraction of sp³-hybridized carbons (Fsp3) is 0.158.